The topological polar surface area (TPSA) is 26.0 Å². The van der Waals surface area contributed by atoms with Crippen LogP contribution in [0.1, 0.15) is 29.9 Å². The van der Waals surface area contributed by atoms with E-state index >= 15 is 0 Å². The van der Waals surface area contributed by atoms with E-state index < -0.39 is 0 Å². The molecule has 1 saturated carbocycles. The molecule has 1 aliphatic carbocycles. The fourth-order valence-corrected chi connectivity index (χ4v) is 2.19. The summed E-state index contributed by atoms with van der Waals surface area (Å²) in [6.45, 7) is 5.67. The van der Waals surface area contributed by atoms with Crippen molar-refractivity contribution >= 4 is 0 Å². The number of hydrogen-bond donors (Lipinski definition) is 1. The molecule has 1 aromatic carbocycles. The molecule has 0 saturated heterocycles. The predicted octanol–water partition coefficient (Wildman–Crippen LogP) is 3.10. The van der Waals surface area contributed by atoms with Gasteiger partial charge in [-0.3, -0.25) is 0 Å². The largest absolute Gasteiger partial charge is 0.402 e. The van der Waals surface area contributed by atoms with E-state index in [9.17, 15) is 4.39 Å². The van der Waals surface area contributed by atoms with Gasteiger partial charge in [-0.1, -0.05) is 12.6 Å². The third-order valence-electron chi connectivity index (χ3n) is 3.20. The maximum atomic E-state index is 13.2. The van der Waals surface area contributed by atoms with Crippen molar-refractivity contribution < 1.29 is 4.39 Å². The molecule has 1 fully saturated rings. The lowest BCUT2D eigenvalue weighted by Gasteiger charge is -2.35. The monoisotopic (exact) mass is 205 g/mol. The number of benzene rings is 1. The van der Waals surface area contributed by atoms with Crippen LogP contribution in [0.5, 0.6) is 0 Å². The molecular weight excluding hydrogens is 189 g/mol. The molecule has 2 rings (SSSR count). The zero-order chi connectivity index (χ0) is 11.0. The van der Waals surface area contributed by atoms with Gasteiger partial charge in [-0.05, 0) is 54.9 Å². The second-order valence-corrected chi connectivity index (χ2v) is 4.50. The quantitative estimate of drug-likeness (QED) is 0.788. The molecule has 1 nitrogen and oxygen atoms in total. The van der Waals surface area contributed by atoms with E-state index in [-0.39, 0.29) is 5.82 Å². The van der Waals surface area contributed by atoms with E-state index in [4.69, 9.17) is 5.73 Å². The molecule has 1 aromatic rings. The average Bonchev–Trinajstić information content (AvgIpc) is 1.97. The Morgan fingerprint density at radius 2 is 2.07 bits per heavy atom. The van der Waals surface area contributed by atoms with Gasteiger partial charge in [0.15, 0.2) is 0 Å². The van der Waals surface area contributed by atoms with Crippen LogP contribution in [0.15, 0.2) is 30.5 Å². The highest BCUT2D eigenvalue weighted by atomic mass is 19.1. The lowest BCUT2D eigenvalue weighted by Crippen LogP contribution is -2.26. The van der Waals surface area contributed by atoms with Gasteiger partial charge in [0.2, 0.25) is 0 Å². The highest BCUT2D eigenvalue weighted by Crippen LogP contribution is 2.43. The first-order valence-electron chi connectivity index (χ1n) is 5.27. The van der Waals surface area contributed by atoms with Gasteiger partial charge in [0.1, 0.15) is 5.82 Å². The van der Waals surface area contributed by atoms with Gasteiger partial charge in [-0.2, -0.15) is 0 Å². The van der Waals surface area contributed by atoms with Crippen molar-refractivity contribution in [1.29, 1.82) is 0 Å². The Labute approximate surface area is 89.8 Å². The minimum Gasteiger partial charge on any atom is -0.402 e. The van der Waals surface area contributed by atoms with Crippen LogP contribution >= 0.6 is 0 Å². The van der Waals surface area contributed by atoms with E-state index in [2.05, 4.69) is 12.6 Å². The van der Waals surface area contributed by atoms with Crippen molar-refractivity contribution in [3.05, 3.63) is 47.4 Å². The number of halogens is 1. The van der Waals surface area contributed by atoms with Gasteiger partial charge in [0.25, 0.3) is 0 Å². The first-order chi connectivity index (χ1) is 7.06. The third kappa shape index (κ3) is 2.04. The van der Waals surface area contributed by atoms with Gasteiger partial charge in [0.05, 0.1) is 0 Å². The maximum absolute atomic E-state index is 13.2. The van der Waals surface area contributed by atoms with Crippen molar-refractivity contribution in [2.24, 2.45) is 11.7 Å². The maximum Gasteiger partial charge on any atom is 0.123 e. The molecule has 0 spiro atoms. The average molecular weight is 205 g/mol. The molecule has 2 N–H and O–H groups in total. The fraction of sp³-hybridized carbons (Fsp3) is 0.385. The van der Waals surface area contributed by atoms with E-state index in [0.29, 0.717) is 11.8 Å². The van der Waals surface area contributed by atoms with Crippen LogP contribution in [-0.2, 0) is 0 Å². The summed E-state index contributed by atoms with van der Waals surface area (Å²) in [7, 11) is 0. The Kier molecular flexibility index (Phi) is 2.51. The molecular formula is C13H16FN. The summed E-state index contributed by atoms with van der Waals surface area (Å²) in [6.07, 6.45) is 2.02. The van der Waals surface area contributed by atoms with Crippen molar-refractivity contribution in [1.82, 2.24) is 0 Å². The predicted molar refractivity (Wildman–Crippen MR) is 59.9 cm³/mol. The lowest BCUT2D eigenvalue weighted by molar-refractivity contribution is 0.305. The summed E-state index contributed by atoms with van der Waals surface area (Å²) in [5, 5.41) is 0. The standard InChI is InChI=1S/C13H16FN/c1-8-3-11(7-13(14)4-8)12-5-10(6-12)9(2)15/h3-4,7,10,12H,2,5-6,15H2,1H3. The first-order valence-corrected chi connectivity index (χ1v) is 5.27. The zero-order valence-corrected chi connectivity index (χ0v) is 8.96. The van der Waals surface area contributed by atoms with Crippen molar-refractivity contribution in [2.45, 2.75) is 25.7 Å². The molecule has 0 aliphatic heterocycles. The molecule has 2 heteroatoms. The van der Waals surface area contributed by atoms with Crippen molar-refractivity contribution in [2.75, 3.05) is 0 Å². The van der Waals surface area contributed by atoms with E-state index in [1.165, 1.54) is 0 Å². The third-order valence-corrected chi connectivity index (χ3v) is 3.20. The SMILES string of the molecule is C=C(N)C1CC(c2cc(C)cc(F)c2)C1. The molecule has 80 valence electrons. The minimum absolute atomic E-state index is 0.139. The fourth-order valence-electron chi connectivity index (χ4n) is 2.19. The molecule has 0 radical (unpaired) electrons. The smallest absolute Gasteiger partial charge is 0.123 e. The van der Waals surface area contributed by atoms with Crippen LogP contribution in [-0.4, -0.2) is 0 Å². The van der Waals surface area contributed by atoms with Gasteiger partial charge in [0, 0.05) is 5.70 Å². The van der Waals surface area contributed by atoms with Crippen LogP contribution < -0.4 is 5.73 Å². The number of hydrogen-bond acceptors (Lipinski definition) is 1. The van der Waals surface area contributed by atoms with Crippen LogP contribution in [0.4, 0.5) is 4.39 Å². The summed E-state index contributed by atoms with van der Waals surface area (Å²) < 4.78 is 13.2. The summed E-state index contributed by atoms with van der Waals surface area (Å²) >= 11 is 0. The van der Waals surface area contributed by atoms with Crippen LogP contribution in [0.2, 0.25) is 0 Å². The van der Waals surface area contributed by atoms with Gasteiger partial charge < -0.3 is 5.73 Å². The number of aryl methyl sites for hydroxylation is 1. The summed E-state index contributed by atoms with van der Waals surface area (Å²) in [5.41, 5.74) is 8.48. The van der Waals surface area contributed by atoms with E-state index in [1.54, 1.807) is 12.1 Å². The van der Waals surface area contributed by atoms with Gasteiger partial charge in [-0.25, -0.2) is 4.39 Å². The Hall–Kier alpha value is -1.31. The molecule has 0 bridgehead atoms. The lowest BCUT2D eigenvalue weighted by atomic mass is 9.70. The molecule has 0 aromatic heterocycles. The summed E-state index contributed by atoms with van der Waals surface area (Å²) in [5.74, 6) is 0.753. The molecule has 0 atom stereocenters. The Morgan fingerprint density at radius 3 is 2.60 bits per heavy atom. The molecule has 1 aliphatic rings. The molecule has 0 unspecified atom stereocenters. The highest BCUT2D eigenvalue weighted by Gasteiger charge is 2.31. The second-order valence-electron chi connectivity index (χ2n) is 4.50. The molecule has 0 heterocycles. The van der Waals surface area contributed by atoms with Crippen LogP contribution in [0.3, 0.4) is 0 Å². The van der Waals surface area contributed by atoms with Gasteiger partial charge in [-0.15, -0.1) is 0 Å². The van der Waals surface area contributed by atoms with Crippen molar-refractivity contribution in [3.8, 4) is 0 Å². The number of nitrogens with two attached hydrogens (primary N) is 1. The Balaban J connectivity index is 2.10. The van der Waals surface area contributed by atoms with Crippen molar-refractivity contribution in [3.63, 3.8) is 0 Å². The number of allylic oxidation sites excluding steroid dienone is 1. The normalized spacial score (nSPS) is 24.7. The summed E-state index contributed by atoms with van der Waals surface area (Å²) in [6, 6.07) is 5.25. The van der Waals surface area contributed by atoms with Crippen LogP contribution in [0.25, 0.3) is 0 Å². The Morgan fingerprint density at radius 1 is 1.40 bits per heavy atom. The number of rotatable bonds is 2. The highest BCUT2D eigenvalue weighted by molar-refractivity contribution is 5.29. The minimum atomic E-state index is -0.139. The zero-order valence-electron chi connectivity index (χ0n) is 8.96. The van der Waals surface area contributed by atoms with E-state index in [1.807, 2.05) is 6.92 Å². The first kappa shape index (κ1) is 10.2. The summed E-state index contributed by atoms with van der Waals surface area (Å²) in [4.78, 5) is 0. The van der Waals surface area contributed by atoms with Gasteiger partial charge >= 0.3 is 0 Å². The van der Waals surface area contributed by atoms with Crippen LogP contribution in [0, 0.1) is 18.7 Å². The Bertz CT molecular complexity index is 371. The molecule has 15 heavy (non-hydrogen) atoms. The second kappa shape index (κ2) is 3.69. The molecule has 0 amide bonds. The van der Waals surface area contributed by atoms with E-state index in [0.717, 1.165) is 29.7 Å².